The molecule has 1 rings (SSSR count). The van der Waals surface area contributed by atoms with Crippen LogP contribution in [0.15, 0.2) is 22.7 Å². The smallest absolute Gasteiger partial charge is 0.0458 e. The number of likely N-dealkylation sites (N-methyl/N-ethyl adjacent to an activating group) is 1. The Morgan fingerprint density at radius 2 is 1.89 bits per heavy atom. The van der Waals surface area contributed by atoms with Gasteiger partial charge in [0.15, 0.2) is 0 Å². The second-order valence-electron chi connectivity index (χ2n) is 5.79. The molecule has 19 heavy (non-hydrogen) atoms. The molecule has 1 aromatic carbocycles. The zero-order chi connectivity index (χ0) is 14.4. The lowest BCUT2D eigenvalue weighted by Gasteiger charge is -2.26. The van der Waals surface area contributed by atoms with Crippen molar-refractivity contribution in [1.29, 1.82) is 0 Å². The fourth-order valence-corrected chi connectivity index (χ4v) is 2.45. The Kier molecular flexibility index (Phi) is 6.83. The lowest BCUT2D eigenvalue weighted by molar-refractivity contribution is 0.211. The maximum absolute atomic E-state index is 5.83. The van der Waals surface area contributed by atoms with Crippen LogP contribution in [-0.4, -0.2) is 43.5 Å². The van der Waals surface area contributed by atoms with Crippen molar-refractivity contribution in [3.8, 4) is 0 Å². The molecule has 4 heteroatoms. The number of rotatable bonds is 7. The van der Waals surface area contributed by atoms with E-state index in [0.717, 1.165) is 36.3 Å². The SMILES string of the molecule is CC(C)CN(CCN(C)C)Cc1ccc(N)c(Br)c1. The van der Waals surface area contributed by atoms with Gasteiger partial charge in [-0.15, -0.1) is 0 Å². The molecule has 0 atom stereocenters. The first-order chi connectivity index (χ1) is 8.88. The van der Waals surface area contributed by atoms with Crippen LogP contribution in [0.3, 0.4) is 0 Å². The molecule has 0 aliphatic rings. The number of nitrogens with zero attached hydrogens (tertiary/aromatic N) is 2. The van der Waals surface area contributed by atoms with Crippen molar-refractivity contribution in [2.75, 3.05) is 39.5 Å². The summed E-state index contributed by atoms with van der Waals surface area (Å²) in [5, 5.41) is 0. The minimum Gasteiger partial charge on any atom is -0.398 e. The Hall–Kier alpha value is -0.580. The molecule has 0 aromatic heterocycles. The average Bonchev–Trinajstić information content (AvgIpc) is 2.30. The maximum Gasteiger partial charge on any atom is 0.0458 e. The van der Waals surface area contributed by atoms with Crippen LogP contribution in [0.1, 0.15) is 19.4 Å². The highest BCUT2D eigenvalue weighted by atomic mass is 79.9. The van der Waals surface area contributed by atoms with Crippen molar-refractivity contribution in [3.05, 3.63) is 28.2 Å². The highest BCUT2D eigenvalue weighted by molar-refractivity contribution is 9.10. The second kappa shape index (κ2) is 7.88. The number of hydrogen-bond acceptors (Lipinski definition) is 3. The van der Waals surface area contributed by atoms with Gasteiger partial charge in [-0.3, -0.25) is 4.90 Å². The summed E-state index contributed by atoms with van der Waals surface area (Å²) in [4.78, 5) is 4.73. The Bertz CT molecular complexity index is 391. The van der Waals surface area contributed by atoms with Crippen LogP contribution in [-0.2, 0) is 6.54 Å². The van der Waals surface area contributed by atoms with E-state index in [1.165, 1.54) is 5.56 Å². The first-order valence-electron chi connectivity index (χ1n) is 6.79. The molecule has 0 saturated carbocycles. The summed E-state index contributed by atoms with van der Waals surface area (Å²) in [5.41, 5.74) is 7.94. The molecular formula is C15H26BrN3. The average molecular weight is 328 g/mol. The van der Waals surface area contributed by atoms with Crippen LogP contribution in [0.5, 0.6) is 0 Å². The monoisotopic (exact) mass is 327 g/mol. The van der Waals surface area contributed by atoms with Gasteiger partial charge in [0, 0.05) is 36.3 Å². The first-order valence-corrected chi connectivity index (χ1v) is 7.58. The Balaban J connectivity index is 2.66. The highest BCUT2D eigenvalue weighted by Gasteiger charge is 2.09. The van der Waals surface area contributed by atoms with Gasteiger partial charge < -0.3 is 10.6 Å². The third kappa shape index (κ3) is 6.41. The van der Waals surface area contributed by atoms with E-state index in [1.54, 1.807) is 0 Å². The highest BCUT2D eigenvalue weighted by Crippen LogP contribution is 2.21. The molecule has 0 spiro atoms. The van der Waals surface area contributed by atoms with Gasteiger partial charge in [0.05, 0.1) is 0 Å². The lowest BCUT2D eigenvalue weighted by Crippen LogP contribution is -2.34. The number of nitrogens with two attached hydrogens (primary N) is 1. The largest absolute Gasteiger partial charge is 0.398 e. The molecule has 0 unspecified atom stereocenters. The molecule has 2 N–H and O–H groups in total. The normalized spacial score (nSPS) is 11.8. The first kappa shape index (κ1) is 16.5. The molecule has 0 aliphatic carbocycles. The Morgan fingerprint density at radius 3 is 2.42 bits per heavy atom. The molecule has 0 bridgehead atoms. The number of anilines is 1. The Morgan fingerprint density at radius 1 is 1.21 bits per heavy atom. The topological polar surface area (TPSA) is 32.5 Å². The predicted molar refractivity (Wildman–Crippen MR) is 87.2 cm³/mol. The summed E-state index contributed by atoms with van der Waals surface area (Å²) in [6, 6.07) is 6.21. The minimum atomic E-state index is 0.680. The summed E-state index contributed by atoms with van der Waals surface area (Å²) in [7, 11) is 4.24. The summed E-state index contributed by atoms with van der Waals surface area (Å²) in [5.74, 6) is 0.680. The third-order valence-electron chi connectivity index (χ3n) is 2.96. The standard InChI is InChI=1S/C15H26BrN3/c1-12(2)10-19(8-7-18(3)4)11-13-5-6-15(17)14(16)9-13/h5-6,9,12H,7-8,10-11,17H2,1-4H3. The molecule has 0 amide bonds. The molecule has 0 heterocycles. The zero-order valence-electron chi connectivity index (χ0n) is 12.5. The van der Waals surface area contributed by atoms with E-state index < -0.39 is 0 Å². The second-order valence-corrected chi connectivity index (χ2v) is 6.64. The Labute approximate surface area is 125 Å². The number of benzene rings is 1. The molecule has 3 nitrogen and oxygen atoms in total. The minimum absolute atomic E-state index is 0.680. The van der Waals surface area contributed by atoms with Crippen LogP contribution in [0.4, 0.5) is 5.69 Å². The predicted octanol–water partition coefficient (Wildman–Crippen LogP) is 3.05. The fraction of sp³-hybridized carbons (Fsp3) is 0.600. The van der Waals surface area contributed by atoms with Crippen molar-refractivity contribution < 1.29 is 0 Å². The van der Waals surface area contributed by atoms with Gasteiger partial charge in [-0.05, 0) is 53.6 Å². The van der Waals surface area contributed by atoms with Gasteiger partial charge in [0.1, 0.15) is 0 Å². The van der Waals surface area contributed by atoms with Crippen LogP contribution < -0.4 is 5.73 Å². The molecular weight excluding hydrogens is 302 g/mol. The van der Waals surface area contributed by atoms with Gasteiger partial charge in [0.2, 0.25) is 0 Å². The maximum atomic E-state index is 5.83. The summed E-state index contributed by atoms with van der Waals surface area (Å²) < 4.78 is 0.988. The summed E-state index contributed by atoms with van der Waals surface area (Å²) in [6.07, 6.45) is 0. The molecule has 1 aromatic rings. The quantitative estimate of drug-likeness (QED) is 0.781. The van der Waals surface area contributed by atoms with Gasteiger partial charge >= 0.3 is 0 Å². The van der Waals surface area contributed by atoms with Gasteiger partial charge in [-0.1, -0.05) is 19.9 Å². The van der Waals surface area contributed by atoms with Crippen LogP contribution >= 0.6 is 15.9 Å². The van der Waals surface area contributed by atoms with Gasteiger partial charge in [0.25, 0.3) is 0 Å². The fourth-order valence-electron chi connectivity index (χ4n) is 2.02. The van der Waals surface area contributed by atoms with E-state index in [4.69, 9.17) is 5.73 Å². The third-order valence-corrected chi connectivity index (χ3v) is 3.64. The van der Waals surface area contributed by atoms with E-state index >= 15 is 0 Å². The van der Waals surface area contributed by atoms with Crippen LogP contribution in [0, 0.1) is 5.92 Å². The molecule has 0 saturated heterocycles. The van der Waals surface area contributed by atoms with E-state index in [1.807, 2.05) is 6.07 Å². The summed E-state index contributed by atoms with van der Waals surface area (Å²) in [6.45, 7) is 8.81. The van der Waals surface area contributed by atoms with Gasteiger partial charge in [-0.25, -0.2) is 0 Å². The number of nitrogen functional groups attached to an aromatic ring is 1. The van der Waals surface area contributed by atoms with E-state index in [-0.39, 0.29) is 0 Å². The van der Waals surface area contributed by atoms with Crippen molar-refractivity contribution in [2.45, 2.75) is 20.4 Å². The van der Waals surface area contributed by atoms with Crippen molar-refractivity contribution in [1.82, 2.24) is 9.80 Å². The molecule has 0 aliphatic heterocycles. The number of hydrogen-bond donors (Lipinski definition) is 1. The molecule has 0 fully saturated rings. The lowest BCUT2D eigenvalue weighted by atomic mass is 10.1. The zero-order valence-corrected chi connectivity index (χ0v) is 14.1. The molecule has 0 radical (unpaired) electrons. The van der Waals surface area contributed by atoms with E-state index in [9.17, 15) is 0 Å². The molecule has 108 valence electrons. The van der Waals surface area contributed by atoms with E-state index in [2.05, 4.69) is 65.8 Å². The van der Waals surface area contributed by atoms with Crippen molar-refractivity contribution in [2.24, 2.45) is 5.92 Å². The van der Waals surface area contributed by atoms with Crippen LogP contribution in [0.25, 0.3) is 0 Å². The number of halogens is 1. The summed E-state index contributed by atoms with van der Waals surface area (Å²) >= 11 is 3.50. The van der Waals surface area contributed by atoms with Crippen molar-refractivity contribution >= 4 is 21.6 Å². The van der Waals surface area contributed by atoms with E-state index in [0.29, 0.717) is 5.92 Å². The van der Waals surface area contributed by atoms with Crippen LogP contribution in [0.2, 0.25) is 0 Å². The van der Waals surface area contributed by atoms with Crippen molar-refractivity contribution in [3.63, 3.8) is 0 Å². The van der Waals surface area contributed by atoms with Gasteiger partial charge in [-0.2, -0.15) is 0 Å².